The van der Waals surface area contributed by atoms with Crippen molar-refractivity contribution in [2.24, 2.45) is 0 Å². The van der Waals surface area contributed by atoms with E-state index in [1.54, 1.807) is 6.08 Å². The Morgan fingerprint density at radius 1 is 1.47 bits per heavy atom. The van der Waals surface area contributed by atoms with Crippen molar-refractivity contribution in [3.8, 4) is 0 Å². The maximum Gasteiger partial charge on any atom is 0.322 e. The molecule has 0 atom stereocenters. The number of aryl methyl sites for hydroxylation is 1. The Balaban J connectivity index is 2.62. The quantitative estimate of drug-likeness (QED) is 0.766. The molecule has 17 heavy (non-hydrogen) atoms. The minimum Gasteiger partial charge on any atom is -0.395 e. The second-order valence-corrected chi connectivity index (χ2v) is 3.75. The highest BCUT2D eigenvalue weighted by Gasteiger charge is 2.10. The van der Waals surface area contributed by atoms with Gasteiger partial charge in [0.25, 0.3) is 0 Å². The summed E-state index contributed by atoms with van der Waals surface area (Å²) in [7, 11) is 0. The first kappa shape index (κ1) is 13.3. The van der Waals surface area contributed by atoms with Gasteiger partial charge in [0, 0.05) is 18.8 Å². The molecule has 4 heteroatoms. The van der Waals surface area contributed by atoms with Gasteiger partial charge in [0.2, 0.25) is 0 Å². The van der Waals surface area contributed by atoms with Gasteiger partial charge in [-0.2, -0.15) is 0 Å². The largest absolute Gasteiger partial charge is 0.395 e. The Bertz CT molecular complexity index is 374. The number of carbonyl (C=O) groups is 1. The predicted molar refractivity (Wildman–Crippen MR) is 69.1 cm³/mol. The van der Waals surface area contributed by atoms with Gasteiger partial charge in [-0.1, -0.05) is 23.8 Å². The van der Waals surface area contributed by atoms with Crippen molar-refractivity contribution < 1.29 is 9.90 Å². The van der Waals surface area contributed by atoms with Crippen LogP contribution >= 0.6 is 0 Å². The van der Waals surface area contributed by atoms with Crippen LogP contribution in [-0.2, 0) is 0 Å². The summed E-state index contributed by atoms with van der Waals surface area (Å²) in [6, 6.07) is 7.32. The molecule has 92 valence electrons. The zero-order valence-corrected chi connectivity index (χ0v) is 10.0. The van der Waals surface area contributed by atoms with Crippen molar-refractivity contribution in [2.45, 2.75) is 6.92 Å². The monoisotopic (exact) mass is 234 g/mol. The third-order valence-electron chi connectivity index (χ3n) is 2.31. The Morgan fingerprint density at radius 2 is 2.12 bits per heavy atom. The number of hydrogen-bond acceptors (Lipinski definition) is 2. The Kier molecular flexibility index (Phi) is 5.23. The lowest BCUT2D eigenvalue weighted by atomic mass is 10.2. The van der Waals surface area contributed by atoms with Gasteiger partial charge in [-0.05, 0) is 19.1 Å². The fourth-order valence-corrected chi connectivity index (χ4v) is 1.39. The van der Waals surface area contributed by atoms with E-state index >= 15 is 0 Å². The minimum absolute atomic E-state index is 0.0604. The SMILES string of the molecule is C=CCN(CCO)C(=O)Nc1ccc(C)cc1. The number of hydrogen-bond donors (Lipinski definition) is 2. The van der Waals surface area contributed by atoms with Crippen molar-refractivity contribution in [3.63, 3.8) is 0 Å². The first-order chi connectivity index (χ1) is 8.17. The summed E-state index contributed by atoms with van der Waals surface area (Å²) >= 11 is 0. The number of amides is 2. The molecule has 4 nitrogen and oxygen atoms in total. The smallest absolute Gasteiger partial charge is 0.322 e. The van der Waals surface area contributed by atoms with Gasteiger partial charge >= 0.3 is 6.03 Å². The van der Waals surface area contributed by atoms with E-state index in [-0.39, 0.29) is 12.6 Å². The first-order valence-electron chi connectivity index (χ1n) is 5.51. The molecular formula is C13H18N2O2. The zero-order valence-electron chi connectivity index (χ0n) is 10.0. The normalized spacial score (nSPS) is 9.76. The predicted octanol–water partition coefficient (Wildman–Crippen LogP) is 2.01. The van der Waals surface area contributed by atoms with Gasteiger partial charge in [-0.3, -0.25) is 0 Å². The van der Waals surface area contributed by atoms with Crippen LogP contribution in [0.25, 0.3) is 0 Å². The fourth-order valence-electron chi connectivity index (χ4n) is 1.39. The maximum atomic E-state index is 11.8. The van der Waals surface area contributed by atoms with Gasteiger partial charge in [0.15, 0.2) is 0 Å². The summed E-state index contributed by atoms with van der Waals surface area (Å²) in [6.07, 6.45) is 1.63. The van der Waals surface area contributed by atoms with Crippen LogP contribution in [0.4, 0.5) is 10.5 Å². The number of rotatable bonds is 5. The molecular weight excluding hydrogens is 216 g/mol. The number of nitrogens with zero attached hydrogens (tertiary/aromatic N) is 1. The third-order valence-corrected chi connectivity index (χ3v) is 2.31. The maximum absolute atomic E-state index is 11.8. The van der Waals surface area contributed by atoms with E-state index in [0.717, 1.165) is 11.3 Å². The van der Waals surface area contributed by atoms with Crippen LogP contribution in [0.2, 0.25) is 0 Å². The lowest BCUT2D eigenvalue weighted by molar-refractivity contribution is 0.195. The third kappa shape index (κ3) is 4.28. The first-order valence-corrected chi connectivity index (χ1v) is 5.51. The number of carbonyl (C=O) groups excluding carboxylic acids is 1. The standard InChI is InChI=1S/C13H18N2O2/c1-3-8-15(9-10-16)13(17)14-12-6-4-11(2)5-7-12/h3-7,16H,1,8-10H2,2H3,(H,14,17). The molecule has 1 aromatic carbocycles. The highest BCUT2D eigenvalue weighted by Crippen LogP contribution is 2.09. The summed E-state index contributed by atoms with van der Waals surface area (Å²) in [5.41, 5.74) is 1.88. The highest BCUT2D eigenvalue weighted by molar-refractivity contribution is 5.89. The molecule has 0 bridgehead atoms. The van der Waals surface area contributed by atoms with Crippen LogP contribution in [0.3, 0.4) is 0 Å². The number of anilines is 1. The molecule has 0 aromatic heterocycles. The van der Waals surface area contributed by atoms with E-state index in [1.807, 2.05) is 31.2 Å². The van der Waals surface area contributed by atoms with Crippen LogP contribution in [0.15, 0.2) is 36.9 Å². The van der Waals surface area contributed by atoms with Gasteiger partial charge in [-0.15, -0.1) is 6.58 Å². The van der Waals surface area contributed by atoms with Crippen LogP contribution < -0.4 is 5.32 Å². The molecule has 0 radical (unpaired) electrons. The number of nitrogens with one attached hydrogen (secondary N) is 1. The average Bonchev–Trinajstić information content (AvgIpc) is 2.32. The van der Waals surface area contributed by atoms with Crippen molar-refractivity contribution in [1.82, 2.24) is 4.90 Å². The molecule has 0 aliphatic carbocycles. The molecule has 0 spiro atoms. The van der Waals surface area contributed by atoms with E-state index in [4.69, 9.17) is 5.11 Å². The minimum atomic E-state index is -0.234. The molecule has 0 saturated carbocycles. The van der Waals surface area contributed by atoms with E-state index in [2.05, 4.69) is 11.9 Å². The van der Waals surface area contributed by atoms with Crippen molar-refractivity contribution in [2.75, 3.05) is 25.0 Å². The van der Waals surface area contributed by atoms with E-state index in [0.29, 0.717) is 13.1 Å². The Labute approximate surface area is 102 Å². The van der Waals surface area contributed by atoms with E-state index in [9.17, 15) is 4.79 Å². The summed E-state index contributed by atoms with van der Waals surface area (Å²) in [6.45, 7) is 6.22. The van der Waals surface area contributed by atoms with Crippen LogP contribution in [0.5, 0.6) is 0 Å². The molecule has 0 aliphatic rings. The van der Waals surface area contributed by atoms with Crippen molar-refractivity contribution in [3.05, 3.63) is 42.5 Å². The molecule has 0 heterocycles. The van der Waals surface area contributed by atoms with Gasteiger partial charge in [0.05, 0.1) is 6.61 Å². The molecule has 0 unspecified atom stereocenters. The fraction of sp³-hybridized carbons (Fsp3) is 0.308. The Morgan fingerprint density at radius 3 is 2.65 bits per heavy atom. The number of benzene rings is 1. The van der Waals surface area contributed by atoms with Gasteiger partial charge in [0.1, 0.15) is 0 Å². The van der Waals surface area contributed by atoms with Crippen LogP contribution in [-0.4, -0.2) is 35.7 Å². The van der Waals surface area contributed by atoms with Gasteiger partial charge < -0.3 is 15.3 Å². The second kappa shape index (κ2) is 6.70. The second-order valence-electron chi connectivity index (χ2n) is 3.75. The summed E-state index contributed by atoms with van der Waals surface area (Å²) < 4.78 is 0. The van der Waals surface area contributed by atoms with Crippen molar-refractivity contribution >= 4 is 11.7 Å². The topological polar surface area (TPSA) is 52.6 Å². The average molecular weight is 234 g/mol. The molecule has 1 aromatic rings. The number of aliphatic hydroxyl groups is 1. The molecule has 2 amide bonds. The van der Waals surface area contributed by atoms with Gasteiger partial charge in [-0.25, -0.2) is 4.79 Å². The van der Waals surface area contributed by atoms with E-state index in [1.165, 1.54) is 4.90 Å². The summed E-state index contributed by atoms with van der Waals surface area (Å²) in [5.74, 6) is 0. The van der Waals surface area contributed by atoms with Crippen molar-refractivity contribution in [1.29, 1.82) is 0 Å². The highest BCUT2D eigenvalue weighted by atomic mass is 16.3. The van der Waals surface area contributed by atoms with Crippen LogP contribution in [0, 0.1) is 6.92 Å². The molecule has 0 fully saturated rings. The molecule has 2 N–H and O–H groups in total. The summed E-state index contributed by atoms with van der Waals surface area (Å²) in [5, 5.41) is 11.6. The molecule has 1 rings (SSSR count). The lowest BCUT2D eigenvalue weighted by Crippen LogP contribution is -2.37. The number of aliphatic hydroxyl groups excluding tert-OH is 1. The molecule has 0 aliphatic heterocycles. The zero-order chi connectivity index (χ0) is 12.7. The molecule has 0 saturated heterocycles. The summed E-state index contributed by atoms with van der Waals surface area (Å²) in [4.78, 5) is 13.3. The number of urea groups is 1. The Hall–Kier alpha value is -1.81. The van der Waals surface area contributed by atoms with E-state index < -0.39 is 0 Å². The lowest BCUT2D eigenvalue weighted by Gasteiger charge is -2.20. The van der Waals surface area contributed by atoms with Crippen LogP contribution in [0.1, 0.15) is 5.56 Å².